The lowest BCUT2D eigenvalue weighted by atomic mass is 10.3. The van der Waals surface area contributed by atoms with Crippen LogP contribution >= 0.6 is 0 Å². The fourth-order valence-corrected chi connectivity index (χ4v) is 4.01. The number of hydrogen-bond acceptors (Lipinski definition) is 5. The number of esters is 1. The van der Waals surface area contributed by atoms with Crippen molar-refractivity contribution in [2.75, 3.05) is 6.61 Å². The molecule has 1 aromatic carbocycles. The van der Waals surface area contributed by atoms with Gasteiger partial charge in [0.1, 0.15) is 17.2 Å². The second-order valence-electron chi connectivity index (χ2n) is 4.87. The molecule has 0 amide bonds. The van der Waals surface area contributed by atoms with Crippen molar-refractivity contribution in [3.05, 3.63) is 24.3 Å². The normalized spacial score (nSPS) is 16.4. The van der Waals surface area contributed by atoms with Crippen molar-refractivity contribution in [1.82, 2.24) is 4.31 Å². The largest absolute Gasteiger partial charge is 0.466 e. The summed E-state index contributed by atoms with van der Waals surface area (Å²) < 4.78 is 31.5. The third kappa shape index (κ3) is 2.92. The summed E-state index contributed by atoms with van der Waals surface area (Å²) in [5.41, 5.74) is 0.355. The van der Waals surface area contributed by atoms with Crippen LogP contribution in [0.2, 0.25) is 0 Å². The lowest BCUT2D eigenvalue weighted by Crippen LogP contribution is -2.44. The minimum absolute atomic E-state index is 0.159. The smallest absolute Gasteiger partial charge is 0.313 e. The highest BCUT2D eigenvalue weighted by Crippen LogP contribution is 2.33. The first-order valence-electron chi connectivity index (χ1n) is 6.74. The molecule has 6 nitrogen and oxygen atoms in total. The van der Waals surface area contributed by atoms with E-state index in [4.69, 9.17) is 4.74 Å². The van der Waals surface area contributed by atoms with Crippen molar-refractivity contribution in [2.45, 2.75) is 38.1 Å². The molecule has 7 heteroatoms. The molecule has 0 radical (unpaired) electrons. The number of nitrogens with zero attached hydrogens (tertiary/aromatic N) is 2. The van der Waals surface area contributed by atoms with E-state index in [0.717, 1.165) is 0 Å². The van der Waals surface area contributed by atoms with Crippen LogP contribution in [-0.4, -0.2) is 37.2 Å². The van der Waals surface area contributed by atoms with Crippen LogP contribution in [0.3, 0.4) is 0 Å². The van der Waals surface area contributed by atoms with Crippen molar-refractivity contribution in [3.63, 3.8) is 0 Å². The molecule has 0 aromatic heterocycles. The Bertz CT molecular complexity index is 680. The van der Waals surface area contributed by atoms with E-state index in [9.17, 15) is 13.2 Å². The maximum Gasteiger partial charge on any atom is 0.313 e. The number of rotatable bonds is 4. The third-order valence-electron chi connectivity index (χ3n) is 2.98. The summed E-state index contributed by atoms with van der Waals surface area (Å²) in [4.78, 5) is 16.2. The number of amidine groups is 1. The van der Waals surface area contributed by atoms with Gasteiger partial charge in [-0.3, -0.25) is 9.10 Å². The number of sulfonamides is 1. The molecule has 1 aromatic rings. The maximum atomic E-state index is 12.7. The second-order valence-corrected chi connectivity index (χ2v) is 6.66. The Morgan fingerprint density at radius 3 is 2.62 bits per heavy atom. The van der Waals surface area contributed by atoms with Gasteiger partial charge < -0.3 is 4.74 Å². The zero-order valence-electron chi connectivity index (χ0n) is 12.2. The lowest BCUT2D eigenvalue weighted by Gasteiger charge is -2.32. The van der Waals surface area contributed by atoms with Gasteiger partial charge in [-0.2, -0.15) is 0 Å². The third-order valence-corrected chi connectivity index (χ3v) is 5.03. The van der Waals surface area contributed by atoms with E-state index in [1.165, 1.54) is 10.4 Å². The monoisotopic (exact) mass is 310 g/mol. The average molecular weight is 310 g/mol. The Balaban J connectivity index is 2.51. The Kier molecular flexibility index (Phi) is 4.32. The van der Waals surface area contributed by atoms with Gasteiger partial charge >= 0.3 is 5.97 Å². The quantitative estimate of drug-likeness (QED) is 0.798. The molecule has 21 heavy (non-hydrogen) atoms. The zero-order valence-corrected chi connectivity index (χ0v) is 13.1. The Morgan fingerprint density at radius 2 is 2.00 bits per heavy atom. The first-order valence-corrected chi connectivity index (χ1v) is 8.18. The first-order chi connectivity index (χ1) is 9.87. The van der Waals surface area contributed by atoms with Crippen LogP contribution in [0.1, 0.15) is 27.2 Å². The number of para-hydroxylation sites is 1. The summed E-state index contributed by atoms with van der Waals surface area (Å²) in [6.07, 6.45) is -0.167. The molecule has 2 rings (SSSR count). The van der Waals surface area contributed by atoms with E-state index in [-0.39, 0.29) is 29.8 Å². The number of benzene rings is 1. The highest BCUT2D eigenvalue weighted by molar-refractivity contribution is 7.90. The Morgan fingerprint density at radius 1 is 1.33 bits per heavy atom. The van der Waals surface area contributed by atoms with Crippen LogP contribution in [0.25, 0.3) is 0 Å². The molecule has 0 spiro atoms. The van der Waals surface area contributed by atoms with Gasteiger partial charge in [0.2, 0.25) is 0 Å². The topological polar surface area (TPSA) is 76.0 Å². The molecule has 0 saturated heterocycles. The van der Waals surface area contributed by atoms with E-state index in [0.29, 0.717) is 5.69 Å². The van der Waals surface area contributed by atoms with Gasteiger partial charge in [0.25, 0.3) is 10.0 Å². The molecule has 0 atom stereocenters. The molecule has 0 N–H and O–H groups in total. The number of hydrogen-bond donors (Lipinski definition) is 0. The summed E-state index contributed by atoms with van der Waals surface area (Å²) in [6.45, 7) is 5.43. The van der Waals surface area contributed by atoms with Crippen LogP contribution < -0.4 is 0 Å². The van der Waals surface area contributed by atoms with Gasteiger partial charge in [0, 0.05) is 6.04 Å². The summed E-state index contributed by atoms with van der Waals surface area (Å²) >= 11 is 0. The van der Waals surface area contributed by atoms with E-state index in [1.807, 2.05) is 0 Å². The highest BCUT2D eigenvalue weighted by atomic mass is 32.2. The molecule has 0 saturated carbocycles. The Hall–Kier alpha value is -1.89. The van der Waals surface area contributed by atoms with E-state index >= 15 is 0 Å². The van der Waals surface area contributed by atoms with E-state index < -0.39 is 16.0 Å². The van der Waals surface area contributed by atoms with Crippen molar-refractivity contribution in [3.8, 4) is 0 Å². The standard InChI is InChI=1S/C14H18N2O4S/c1-4-20-14(17)9-13-15-11-7-5-6-8-12(11)21(18,19)16(13)10(2)3/h5-8,10H,4,9H2,1-3H3. The summed E-state index contributed by atoms with van der Waals surface area (Å²) in [7, 11) is -3.70. The predicted octanol–water partition coefficient (Wildman–Crippen LogP) is 2.08. The molecule has 114 valence electrons. The van der Waals surface area contributed by atoms with E-state index in [1.54, 1.807) is 39.0 Å². The lowest BCUT2D eigenvalue weighted by molar-refractivity contribution is -0.141. The fourth-order valence-electron chi connectivity index (χ4n) is 2.23. The minimum Gasteiger partial charge on any atom is -0.466 e. The summed E-state index contributed by atoms with van der Waals surface area (Å²) in [5, 5.41) is 0. The van der Waals surface area contributed by atoms with Gasteiger partial charge in [-0.25, -0.2) is 13.4 Å². The second kappa shape index (κ2) is 5.85. The summed E-state index contributed by atoms with van der Waals surface area (Å²) in [6, 6.07) is 6.17. The molecule has 0 fully saturated rings. The maximum absolute atomic E-state index is 12.7. The van der Waals surface area contributed by atoms with Gasteiger partial charge in [-0.05, 0) is 32.9 Å². The van der Waals surface area contributed by atoms with Crippen molar-refractivity contribution >= 4 is 27.5 Å². The van der Waals surface area contributed by atoms with Crippen molar-refractivity contribution in [1.29, 1.82) is 0 Å². The number of aliphatic imine (C=N–C) groups is 1. The van der Waals surface area contributed by atoms with Crippen LogP contribution in [0, 0.1) is 0 Å². The molecule has 1 aliphatic heterocycles. The molecular formula is C14H18N2O4S. The zero-order chi connectivity index (χ0) is 15.6. The fraction of sp³-hybridized carbons (Fsp3) is 0.429. The summed E-state index contributed by atoms with van der Waals surface area (Å²) in [5.74, 6) is -0.293. The number of fused-ring (bicyclic) bond motifs is 1. The van der Waals surface area contributed by atoms with E-state index in [2.05, 4.69) is 4.99 Å². The highest BCUT2D eigenvalue weighted by Gasteiger charge is 2.36. The van der Waals surface area contributed by atoms with Crippen molar-refractivity contribution in [2.24, 2.45) is 4.99 Å². The van der Waals surface area contributed by atoms with Gasteiger partial charge in [0.15, 0.2) is 0 Å². The SMILES string of the molecule is CCOC(=O)CC1=Nc2ccccc2S(=O)(=O)N1C(C)C. The first kappa shape index (κ1) is 15.5. The van der Waals surface area contributed by atoms with Gasteiger partial charge in [-0.15, -0.1) is 0 Å². The molecule has 1 aliphatic rings. The van der Waals surface area contributed by atoms with Crippen LogP contribution in [0.5, 0.6) is 0 Å². The van der Waals surface area contributed by atoms with Gasteiger partial charge in [-0.1, -0.05) is 12.1 Å². The number of carbonyl (C=O) groups is 1. The van der Waals surface area contributed by atoms with Crippen LogP contribution in [0.15, 0.2) is 34.2 Å². The average Bonchev–Trinajstić information content (AvgIpc) is 2.37. The molecule has 0 unspecified atom stereocenters. The molecule has 1 heterocycles. The number of ether oxygens (including phenoxy) is 1. The van der Waals surface area contributed by atoms with Crippen molar-refractivity contribution < 1.29 is 17.9 Å². The van der Waals surface area contributed by atoms with Crippen LogP contribution in [-0.2, 0) is 19.6 Å². The van der Waals surface area contributed by atoms with Crippen LogP contribution in [0.4, 0.5) is 5.69 Å². The Labute approximate surface area is 124 Å². The number of carbonyl (C=O) groups excluding carboxylic acids is 1. The molecule has 0 bridgehead atoms. The van der Waals surface area contributed by atoms with Gasteiger partial charge in [0.05, 0.1) is 12.3 Å². The minimum atomic E-state index is -3.70. The predicted molar refractivity (Wildman–Crippen MR) is 78.9 cm³/mol. The molecular weight excluding hydrogens is 292 g/mol. The molecule has 0 aliphatic carbocycles.